The van der Waals surface area contributed by atoms with Crippen molar-refractivity contribution in [2.24, 2.45) is 0 Å². The van der Waals surface area contributed by atoms with Crippen molar-refractivity contribution in [2.75, 3.05) is 17.4 Å². The molecule has 1 atom stereocenters. The zero-order chi connectivity index (χ0) is 30.2. The van der Waals surface area contributed by atoms with Gasteiger partial charge >= 0.3 is 0 Å². The first-order valence-corrected chi connectivity index (χ1v) is 15.8. The molecule has 1 N–H and O–H groups in total. The predicted molar refractivity (Wildman–Crippen MR) is 166 cm³/mol. The fourth-order valence-corrected chi connectivity index (χ4v) is 6.10. The minimum Gasteiger partial charge on any atom is -0.354 e. The number of amides is 2. The Morgan fingerprint density at radius 3 is 2.12 bits per heavy atom. The van der Waals surface area contributed by atoms with E-state index in [9.17, 15) is 18.0 Å². The van der Waals surface area contributed by atoms with Crippen molar-refractivity contribution < 1.29 is 18.0 Å². The van der Waals surface area contributed by atoms with E-state index in [0.717, 1.165) is 21.9 Å². The second-order valence-corrected chi connectivity index (χ2v) is 12.7. The fourth-order valence-electron chi connectivity index (χ4n) is 4.49. The maximum absolute atomic E-state index is 14.1. The molecule has 0 radical (unpaired) electrons. The molecule has 0 bridgehead atoms. The quantitative estimate of drug-likeness (QED) is 0.250. The molecule has 0 aliphatic rings. The minimum absolute atomic E-state index is 0.0568. The van der Waals surface area contributed by atoms with Crippen molar-refractivity contribution >= 4 is 39.1 Å². The highest BCUT2D eigenvalue weighted by Gasteiger charge is 2.34. The molecule has 0 saturated carbocycles. The average molecular weight is 598 g/mol. The normalized spacial score (nSPS) is 12.2. The molecule has 0 spiro atoms. The summed E-state index contributed by atoms with van der Waals surface area (Å²) in [6, 6.07) is 20.0. The number of sulfonamides is 1. The summed E-state index contributed by atoms with van der Waals surface area (Å²) in [7, 11) is -4.12. The lowest BCUT2D eigenvalue weighted by Crippen LogP contribution is -2.52. The van der Waals surface area contributed by atoms with Gasteiger partial charge < -0.3 is 10.2 Å². The summed E-state index contributed by atoms with van der Waals surface area (Å²) in [5, 5.41) is 3.35. The first-order chi connectivity index (χ1) is 19.5. The number of nitrogens with one attached hydrogen (secondary N) is 1. The largest absolute Gasteiger partial charge is 0.354 e. The van der Waals surface area contributed by atoms with Gasteiger partial charge in [-0.25, -0.2) is 8.42 Å². The Balaban J connectivity index is 2.07. The third-order valence-corrected chi connectivity index (χ3v) is 9.13. The number of aryl methyl sites for hydroxylation is 1. The zero-order valence-electron chi connectivity index (χ0n) is 24.4. The standard InChI is InChI=1S/C32H40ClN3O4S/c1-6-20-34-32(38)30(7-2)35(21-26-10-8-9-11-29(26)33)31(37)22-36(27-16-14-25(15-17-27)23(3)4)41(39,40)28-18-12-24(5)13-19-28/h8-19,23,30H,6-7,20-22H2,1-5H3,(H,34,38). The van der Waals surface area contributed by atoms with Gasteiger partial charge in [0.1, 0.15) is 12.6 Å². The predicted octanol–water partition coefficient (Wildman–Crippen LogP) is 6.30. The van der Waals surface area contributed by atoms with Gasteiger partial charge in [0, 0.05) is 18.1 Å². The van der Waals surface area contributed by atoms with Crippen molar-refractivity contribution in [1.29, 1.82) is 0 Å². The van der Waals surface area contributed by atoms with Crippen LogP contribution in [0.25, 0.3) is 0 Å². The van der Waals surface area contributed by atoms with Crippen molar-refractivity contribution in [2.45, 2.75) is 70.9 Å². The Kier molecular flexibility index (Phi) is 11.4. The fraction of sp³-hybridized carbons (Fsp3) is 0.375. The summed E-state index contributed by atoms with van der Waals surface area (Å²) in [6.07, 6.45) is 1.09. The van der Waals surface area contributed by atoms with E-state index in [4.69, 9.17) is 11.6 Å². The van der Waals surface area contributed by atoms with Crippen LogP contribution in [-0.4, -0.2) is 44.3 Å². The lowest BCUT2D eigenvalue weighted by molar-refractivity contribution is -0.140. The number of hydrogen-bond donors (Lipinski definition) is 1. The van der Waals surface area contributed by atoms with Gasteiger partial charge in [-0.1, -0.05) is 87.3 Å². The molecule has 3 aromatic carbocycles. The van der Waals surface area contributed by atoms with Crippen LogP contribution in [0.4, 0.5) is 5.69 Å². The zero-order valence-corrected chi connectivity index (χ0v) is 26.0. The third-order valence-electron chi connectivity index (χ3n) is 6.97. The van der Waals surface area contributed by atoms with Crippen LogP contribution in [0.15, 0.2) is 77.7 Å². The molecule has 0 aliphatic carbocycles. The van der Waals surface area contributed by atoms with Gasteiger partial charge in [0.2, 0.25) is 11.8 Å². The van der Waals surface area contributed by atoms with E-state index in [1.807, 2.05) is 39.0 Å². The van der Waals surface area contributed by atoms with Crippen LogP contribution >= 0.6 is 11.6 Å². The summed E-state index contributed by atoms with van der Waals surface area (Å²) in [5.74, 6) is -0.540. The average Bonchev–Trinajstić information content (AvgIpc) is 2.95. The molecule has 41 heavy (non-hydrogen) atoms. The molecule has 0 saturated heterocycles. The molecule has 220 valence electrons. The first kappa shape index (κ1) is 32.2. The van der Waals surface area contributed by atoms with Crippen LogP contribution in [0.3, 0.4) is 0 Å². The van der Waals surface area contributed by atoms with Gasteiger partial charge in [0.05, 0.1) is 10.6 Å². The van der Waals surface area contributed by atoms with Gasteiger partial charge in [-0.2, -0.15) is 0 Å². The van der Waals surface area contributed by atoms with E-state index in [1.165, 1.54) is 4.90 Å². The number of carbonyl (C=O) groups excluding carboxylic acids is 2. The van der Waals surface area contributed by atoms with Crippen molar-refractivity contribution in [1.82, 2.24) is 10.2 Å². The molecule has 3 aromatic rings. The molecule has 2 amide bonds. The lowest BCUT2D eigenvalue weighted by atomic mass is 10.0. The van der Waals surface area contributed by atoms with Crippen LogP contribution in [0.1, 0.15) is 63.1 Å². The highest BCUT2D eigenvalue weighted by atomic mass is 35.5. The van der Waals surface area contributed by atoms with Crippen LogP contribution in [0, 0.1) is 6.92 Å². The van der Waals surface area contributed by atoms with E-state index in [1.54, 1.807) is 54.6 Å². The van der Waals surface area contributed by atoms with Crippen LogP contribution in [0.2, 0.25) is 5.02 Å². The van der Waals surface area contributed by atoms with E-state index in [-0.39, 0.29) is 23.3 Å². The molecule has 0 fully saturated rings. The third kappa shape index (κ3) is 8.11. The molecule has 0 heterocycles. The van der Waals surface area contributed by atoms with Crippen LogP contribution in [0.5, 0.6) is 0 Å². The van der Waals surface area contributed by atoms with Gasteiger partial charge in [-0.3, -0.25) is 13.9 Å². The molecule has 1 unspecified atom stereocenters. The molecular weight excluding hydrogens is 558 g/mol. The maximum atomic E-state index is 14.1. The van der Waals surface area contributed by atoms with E-state index in [2.05, 4.69) is 19.2 Å². The topological polar surface area (TPSA) is 86.8 Å². The Bertz CT molecular complexity index is 1420. The van der Waals surface area contributed by atoms with Gasteiger partial charge in [-0.05, 0) is 67.1 Å². The smallest absolute Gasteiger partial charge is 0.264 e. The number of halogens is 1. The van der Waals surface area contributed by atoms with Crippen LogP contribution < -0.4 is 9.62 Å². The summed E-state index contributed by atoms with van der Waals surface area (Å²) in [5.41, 5.74) is 3.00. The van der Waals surface area contributed by atoms with E-state index in [0.29, 0.717) is 29.2 Å². The molecule has 7 nitrogen and oxygen atoms in total. The minimum atomic E-state index is -4.12. The van der Waals surface area contributed by atoms with Gasteiger partial charge in [-0.15, -0.1) is 0 Å². The highest BCUT2D eigenvalue weighted by molar-refractivity contribution is 7.92. The summed E-state index contributed by atoms with van der Waals surface area (Å²) in [6.45, 7) is 9.81. The molecule has 3 rings (SSSR count). The molecular formula is C32H40ClN3O4S. The highest BCUT2D eigenvalue weighted by Crippen LogP contribution is 2.27. The SMILES string of the molecule is CCCNC(=O)C(CC)N(Cc1ccccc1Cl)C(=O)CN(c1ccc(C(C)C)cc1)S(=O)(=O)c1ccc(C)cc1. The van der Waals surface area contributed by atoms with Crippen LogP contribution in [-0.2, 0) is 26.2 Å². The number of anilines is 1. The Hall–Kier alpha value is -3.36. The monoisotopic (exact) mass is 597 g/mol. The second kappa shape index (κ2) is 14.5. The summed E-state index contributed by atoms with van der Waals surface area (Å²) >= 11 is 6.45. The maximum Gasteiger partial charge on any atom is 0.264 e. The number of nitrogens with zero attached hydrogens (tertiary/aromatic N) is 2. The summed E-state index contributed by atoms with van der Waals surface area (Å²) in [4.78, 5) is 28.8. The van der Waals surface area contributed by atoms with E-state index < -0.39 is 28.5 Å². The van der Waals surface area contributed by atoms with Crippen molar-refractivity contribution in [3.05, 3.63) is 94.5 Å². The lowest BCUT2D eigenvalue weighted by Gasteiger charge is -2.33. The van der Waals surface area contributed by atoms with E-state index >= 15 is 0 Å². The van der Waals surface area contributed by atoms with Crippen molar-refractivity contribution in [3.63, 3.8) is 0 Å². The Labute approximate surface area is 249 Å². The number of benzene rings is 3. The first-order valence-electron chi connectivity index (χ1n) is 14.0. The Morgan fingerprint density at radius 2 is 1.56 bits per heavy atom. The molecule has 0 aromatic heterocycles. The second-order valence-electron chi connectivity index (χ2n) is 10.4. The number of carbonyl (C=O) groups is 2. The molecule has 0 aliphatic heterocycles. The number of rotatable bonds is 13. The van der Waals surface area contributed by atoms with Gasteiger partial charge in [0.25, 0.3) is 10.0 Å². The number of hydrogen-bond acceptors (Lipinski definition) is 4. The Morgan fingerprint density at radius 1 is 0.927 bits per heavy atom. The molecule has 9 heteroatoms. The van der Waals surface area contributed by atoms with Crippen molar-refractivity contribution in [3.8, 4) is 0 Å². The van der Waals surface area contributed by atoms with Gasteiger partial charge in [0.15, 0.2) is 0 Å². The summed E-state index contributed by atoms with van der Waals surface area (Å²) < 4.78 is 29.1.